The van der Waals surface area contributed by atoms with E-state index in [-0.39, 0.29) is 0 Å². The lowest BCUT2D eigenvalue weighted by molar-refractivity contribution is 0.253. The Hall–Kier alpha value is -1.44. The molecule has 0 radical (unpaired) electrons. The van der Waals surface area contributed by atoms with Crippen LogP contribution in [0.2, 0.25) is 0 Å². The van der Waals surface area contributed by atoms with Crippen molar-refractivity contribution in [3.8, 4) is 6.07 Å². The molecule has 0 aliphatic rings. The Kier molecular flexibility index (Phi) is 3.40. The van der Waals surface area contributed by atoms with Gasteiger partial charge >= 0.3 is 0 Å². The van der Waals surface area contributed by atoms with Crippen LogP contribution in [0, 0.1) is 11.3 Å². The molecule has 0 amide bonds. The third kappa shape index (κ3) is 2.14. The Morgan fingerprint density at radius 2 is 2.00 bits per heavy atom. The zero-order valence-electron chi connectivity index (χ0n) is 8.57. The van der Waals surface area contributed by atoms with Gasteiger partial charge in [-0.2, -0.15) is 5.26 Å². The highest BCUT2D eigenvalue weighted by Crippen LogP contribution is 2.26. The largest absolute Gasteiger partial charge is 0.326 e. The van der Waals surface area contributed by atoms with Gasteiger partial charge in [-0.05, 0) is 18.1 Å². The first-order valence-corrected chi connectivity index (χ1v) is 4.65. The summed E-state index contributed by atoms with van der Waals surface area (Å²) in [5, 5.41) is 8.94. The van der Waals surface area contributed by atoms with E-state index < -0.39 is 11.7 Å². The molecule has 3 nitrogen and oxygen atoms in total. The molecule has 0 aliphatic heterocycles. The molecule has 1 rings (SSSR count). The Morgan fingerprint density at radius 1 is 1.47 bits per heavy atom. The molecule has 4 heteroatoms. The minimum absolute atomic E-state index is 0.422. The van der Waals surface area contributed by atoms with Crippen molar-refractivity contribution >= 4 is 0 Å². The molecule has 0 fully saturated rings. The SMILES string of the molecule is CC(C#N)(c1ccc(CN)cc1)C(N)F. The highest BCUT2D eigenvalue weighted by atomic mass is 19.1. The molecule has 1 aromatic carbocycles. The molecule has 2 unspecified atom stereocenters. The predicted octanol–water partition coefficient (Wildman–Crippen LogP) is 1.18. The van der Waals surface area contributed by atoms with E-state index in [1.807, 2.05) is 6.07 Å². The molecule has 0 saturated heterocycles. The highest BCUT2D eigenvalue weighted by molar-refractivity contribution is 5.34. The second-order valence-corrected chi connectivity index (χ2v) is 3.62. The zero-order valence-corrected chi connectivity index (χ0v) is 8.57. The maximum atomic E-state index is 13.1. The lowest BCUT2D eigenvalue weighted by atomic mass is 9.83. The van der Waals surface area contributed by atoms with E-state index >= 15 is 0 Å². The van der Waals surface area contributed by atoms with Gasteiger partial charge in [-0.1, -0.05) is 24.3 Å². The van der Waals surface area contributed by atoms with Crippen molar-refractivity contribution in [2.24, 2.45) is 11.5 Å². The minimum atomic E-state index is -1.70. The number of alkyl halides is 1. The molecule has 0 spiro atoms. The van der Waals surface area contributed by atoms with Crippen molar-refractivity contribution in [3.05, 3.63) is 35.4 Å². The first kappa shape index (κ1) is 11.6. The number of nitriles is 1. The quantitative estimate of drug-likeness (QED) is 0.731. The lowest BCUT2D eigenvalue weighted by Crippen LogP contribution is -2.38. The fourth-order valence-corrected chi connectivity index (χ4v) is 1.27. The summed E-state index contributed by atoms with van der Waals surface area (Å²) in [5.74, 6) is 0. The molecule has 0 bridgehead atoms. The predicted molar refractivity (Wildman–Crippen MR) is 56.4 cm³/mol. The van der Waals surface area contributed by atoms with Crippen LogP contribution < -0.4 is 11.5 Å². The van der Waals surface area contributed by atoms with Crippen LogP contribution >= 0.6 is 0 Å². The maximum Gasteiger partial charge on any atom is 0.171 e. The van der Waals surface area contributed by atoms with Crippen molar-refractivity contribution < 1.29 is 4.39 Å². The number of halogens is 1. The third-order valence-corrected chi connectivity index (χ3v) is 2.57. The summed E-state index contributed by atoms with van der Waals surface area (Å²) in [5.41, 5.74) is 10.8. The highest BCUT2D eigenvalue weighted by Gasteiger charge is 2.34. The first-order chi connectivity index (χ1) is 7.04. The van der Waals surface area contributed by atoms with Gasteiger partial charge in [0, 0.05) is 6.54 Å². The van der Waals surface area contributed by atoms with Crippen molar-refractivity contribution in [3.63, 3.8) is 0 Å². The fourth-order valence-electron chi connectivity index (χ4n) is 1.27. The van der Waals surface area contributed by atoms with Gasteiger partial charge < -0.3 is 11.5 Å². The smallest absolute Gasteiger partial charge is 0.171 e. The molecular weight excluding hydrogens is 193 g/mol. The Balaban J connectivity index is 3.10. The van der Waals surface area contributed by atoms with Gasteiger partial charge in [0.1, 0.15) is 5.41 Å². The Morgan fingerprint density at radius 3 is 2.33 bits per heavy atom. The molecule has 4 N–H and O–H groups in total. The van der Waals surface area contributed by atoms with Crippen LogP contribution in [0.3, 0.4) is 0 Å². The van der Waals surface area contributed by atoms with Crippen molar-refractivity contribution in [1.82, 2.24) is 0 Å². The van der Waals surface area contributed by atoms with E-state index in [0.717, 1.165) is 5.56 Å². The third-order valence-electron chi connectivity index (χ3n) is 2.57. The maximum absolute atomic E-state index is 13.1. The van der Waals surface area contributed by atoms with Crippen molar-refractivity contribution in [2.75, 3.05) is 0 Å². The Labute approximate surface area is 88.5 Å². The molecule has 0 aliphatic carbocycles. The lowest BCUT2D eigenvalue weighted by Gasteiger charge is -2.23. The molecule has 0 aromatic heterocycles. The summed E-state index contributed by atoms with van der Waals surface area (Å²) in [6.45, 7) is 1.90. The molecule has 2 atom stereocenters. The summed E-state index contributed by atoms with van der Waals surface area (Å²) in [4.78, 5) is 0. The monoisotopic (exact) mass is 207 g/mol. The summed E-state index contributed by atoms with van der Waals surface area (Å²) < 4.78 is 13.1. The number of nitrogens with two attached hydrogens (primary N) is 2. The summed E-state index contributed by atoms with van der Waals surface area (Å²) in [7, 11) is 0. The van der Waals surface area contributed by atoms with Crippen LogP contribution in [0.15, 0.2) is 24.3 Å². The first-order valence-electron chi connectivity index (χ1n) is 4.65. The van der Waals surface area contributed by atoms with Gasteiger partial charge in [-0.15, -0.1) is 0 Å². The van der Waals surface area contributed by atoms with Gasteiger partial charge in [0.25, 0.3) is 0 Å². The average Bonchev–Trinajstić information content (AvgIpc) is 2.28. The molecule has 1 aromatic rings. The van der Waals surface area contributed by atoms with Crippen LogP contribution in [-0.4, -0.2) is 6.30 Å². The second-order valence-electron chi connectivity index (χ2n) is 3.62. The van der Waals surface area contributed by atoms with Gasteiger partial charge in [-0.3, -0.25) is 0 Å². The van der Waals surface area contributed by atoms with E-state index in [1.165, 1.54) is 6.92 Å². The molecule has 15 heavy (non-hydrogen) atoms. The topological polar surface area (TPSA) is 75.8 Å². The summed E-state index contributed by atoms with van der Waals surface area (Å²) in [6.07, 6.45) is -1.70. The average molecular weight is 207 g/mol. The number of hydrogen-bond donors (Lipinski definition) is 2. The van der Waals surface area contributed by atoms with Gasteiger partial charge in [0.2, 0.25) is 0 Å². The van der Waals surface area contributed by atoms with Crippen molar-refractivity contribution in [2.45, 2.75) is 25.2 Å². The second kappa shape index (κ2) is 4.39. The zero-order chi connectivity index (χ0) is 11.5. The van der Waals surface area contributed by atoms with Crippen LogP contribution in [0.5, 0.6) is 0 Å². The van der Waals surface area contributed by atoms with Crippen molar-refractivity contribution in [1.29, 1.82) is 5.26 Å². The van der Waals surface area contributed by atoms with Crippen LogP contribution in [0.4, 0.5) is 4.39 Å². The molecule has 0 heterocycles. The summed E-state index contributed by atoms with van der Waals surface area (Å²) >= 11 is 0. The minimum Gasteiger partial charge on any atom is -0.326 e. The Bertz CT molecular complexity index is 366. The van der Waals surface area contributed by atoms with E-state index in [9.17, 15) is 4.39 Å². The van der Waals surface area contributed by atoms with E-state index in [4.69, 9.17) is 16.7 Å². The number of hydrogen-bond acceptors (Lipinski definition) is 3. The number of benzene rings is 1. The van der Waals surface area contributed by atoms with Crippen LogP contribution in [0.1, 0.15) is 18.1 Å². The van der Waals surface area contributed by atoms with Crippen LogP contribution in [-0.2, 0) is 12.0 Å². The van der Waals surface area contributed by atoms with Gasteiger partial charge in [-0.25, -0.2) is 4.39 Å². The normalized spacial score (nSPS) is 16.5. The van der Waals surface area contributed by atoms with Crippen LogP contribution in [0.25, 0.3) is 0 Å². The molecule has 0 saturated carbocycles. The van der Waals surface area contributed by atoms with E-state index in [2.05, 4.69) is 0 Å². The van der Waals surface area contributed by atoms with Gasteiger partial charge in [0.15, 0.2) is 6.30 Å². The van der Waals surface area contributed by atoms with Gasteiger partial charge in [0.05, 0.1) is 6.07 Å². The summed E-state index contributed by atoms with van der Waals surface area (Å²) in [6, 6.07) is 8.81. The molecular formula is C11H14FN3. The fraction of sp³-hybridized carbons (Fsp3) is 0.364. The van der Waals surface area contributed by atoms with E-state index in [1.54, 1.807) is 24.3 Å². The van der Waals surface area contributed by atoms with E-state index in [0.29, 0.717) is 12.1 Å². The number of nitrogens with zero attached hydrogens (tertiary/aromatic N) is 1. The standard InChI is InChI=1S/C11H14FN3/c1-11(7-14,10(12)15)9-4-2-8(6-13)3-5-9/h2-5,10H,6,13,15H2,1H3. The molecule has 80 valence electrons. The number of rotatable bonds is 3.